The van der Waals surface area contributed by atoms with Crippen molar-refractivity contribution in [2.75, 3.05) is 4.72 Å². The molecule has 28 heavy (non-hydrogen) atoms. The van der Waals surface area contributed by atoms with E-state index in [1.54, 1.807) is 30.3 Å². The van der Waals surface area contributed by atoms with Gasteiger partial charge in [-0.05, 0) is 44.2 Å². The number of pyridine rings is 1. The van der Waals surface area contributed by atoms with E-state index >= 15 is 0 Å². The number of hydrogen-bond acceptors (Lipinski definition) is 5. The van der Waals surface area contributed by atoms with Gasteiger partial charge in [0, 0.05) is 17.2 Å². The average Bonchev–Trinajstić information content (AvgIpc) is 2.65. The van der Waals surface area contributed by atoms with Crippen LogP contribution in [0, 0.1) is 0 Å². The van der Waals surface area contributed by atoms with Gasteiger partial charge in [-0.15, -0.1) is 0 Å². The molecule has 0 aliphatic carbocycles. The first-order chi connectivity index (χ1) is 13.3. The zero-order valence-electron chi connectivity index (χ0n) is 15.3. The van der Waals surface area contributed by atoms with Crippen LogP contribution in [-0.4, -0.2) is 19.5 Å². The lowest BCUT2D eigenvalue weighted by molar-refractivity contribution is 0.232. The van der Waals surface area contributed by atoms with Gasteiger partial charge in [0.05, 0.1) is 18.0 Å². The predicted molar refractivity (Wildman–Crippen MR) is 109 cm³/mol. The largest absolute Gasteiger partial charge is 0.475 e. The molecule has 146 valence electrons. The fraction of sp³-hybridized carbons (Fsp3) is 0.150. The van der Waals surface area contributed by atoms with Gasteiger partial charge in [-0.3, -0.25) is 4.72 Å². The second-order valence-electron chi connectivity index (χ2n) is 6.16. The van der Waals surface area contributed by atoms with Crippen LogP contribution < -0.4 is 14.2 Å². The zero-order valence-corrected chi connectivity index (χ0v) is 16.9. The molecule has 8 heteroatoms. The van der Waals surface area contributed by atoms with E-state index in [0.29, 0.717) is 16.7 Å². The van der Waals surface area contributed by atoms with Crippen molar-refractivity contribution in [2.24, 2.45) is 0 Å². The molecule has 6 nitrogen and oxygen atoms in total. The fourth-order valence-electron chi connectivity index (χ4n) is 2.32. The Labute approximate surface area is 169 Å². The highest BCUT2D eigenvalue weighted by molar-refractivity contribution is 7.92. The van der Waals surface area contributed by atoms with E-state index in [2.05, 4.69) is 9.71 Å². The van der Waals surface area contributed by atoms with E-state index in [4.69, 9.17) is 21.1 Å². The van der Waals surface area contributed by atoms with E-state index in [1.807, 2.05) is 32.0 Å². The minimum Gasteiger partial charge on any atom is -0.475 e. The molecule has 0 radical (unpaired) electrons. The van der Waals surface area contributed by atoms with Gasteiger partial charge in [-0.1, -0.05) is 29.8 Å². The molecule has 1 N–H and O–H groups in total. The molecular weight excluding hydrogens is 400 g/mol. The number of sulfonamides is 1. The van der Waals surface area contributed by atoms with Gasteiger partial charge in [-0.25, -0.2) is 13.4 Å². The zero-order chi connectivity index (χ0) is 20.1. The van der Waals surface area contributed by atoms with E-state index < -0.39 is 10.0 Å². The molecule has 0 fully saturated rings. The van der Waals surface area contributed by atoms with Crippen LogP contribution in [0.25, 0.3) is 0 Å². The first-order valence-electron chi connectivity index (χ1n) is 8.51. The Morgan fingerprint density at radius 1 is 1.04 bits per heavy atom. The SMILES string of the molecule is CC(C)Oc1ccc(S(=O)(=O)Nc2ccc(Cl)cc2Oc2ccccc2)cn1. The first kappa shape index (κ1) is 20.0. The Kier molecular flexibility index (Phi) is 6.06. The molecule has 0 saturated heterocycles. The molecule has 3 aromatic rings. The number of hydrogen-bond donors (Lipinski definition) is 1. The second kappa shape index (κ2) is 8.50. The fourth-order valence-corrected chi connectivity index (χ4v) is 3.50. The van der Waals surface area contributed by atoms with Crippen molar-refractivity contribution in [3.63, 3.8) is 0 Å². The van der Waals surface area contributed by atoms with Crippen molar-refractivity contribution in [3.05, 3.63) is 71.9 Å². The molecule has 0 aliphatic rings. The van der Waals surface area contributed by atoms with Crippen molar-refractivity contribution in [1.29, 1.82) is 0 Å². The maximum absolute atomic E-state index is 12.7. The van der Waals surface area contributed by atoms with Gasteiger partial charge in [-0.2, -0.15) is 0 Å². The van der Waals surface area contributed by atoms with Crippen LogP contribution in [-0.2, 0) is 10.0 Å². The topological polar surface area (TPSA) is 77.5 Å². The first-order valence-corrected chi connectivity index (χ1v) is 10.4. The van der Waals surface area contributed by atoms with E-state index in [1.165, 1.54) is 18.3 Å². The van der Waals surface area contributed by atoms with Gasteiger partial charge in [0.15, 0.2) is 5.75 Å². The van der Waals surface area contributed by atoms with E-state index in [-0.39, 0.29) is 22.4 Å². The van der Waals surface area contributed by atoms with Gasteiger partial charge < -0.3 is 9.47 Å². The summed E-state index contributed by atoms with van der Waals surface area (Å²) in [7, 11) is -3.88. The highest BCUT2D eigenvalue weighted by Crippen LogP contribution is 2.33. The molecular formula is C20H19ClN2O4S. The summed E-state index contributed by atoms with van der Waals surface area (Å²) in [5.74, 6) is 1.20. The van der Waals surface area contributed by atoms with E-state index in [9.17, 15) is 8.42 Å². The maximum atomic E-state index is 12.7. The lowest BCUT2D eigenvalue weighted by Gasteiger charge is -2.14. The van der Waals surface area contributed by atoms with Crippen LogP contribution in [0.2, 0.25) is 5.02 Å². The Bertz CT molecular complexity index is 1040. The number of nitrogens with one attached hydrogen (secondary N) is 1. The summed E-state index contributed by atoms with van der Waals surface area (Å²) in [6.45, 7) is 3.73. The summed E-state index contributed by atoms with van der Waals surface area (Å²) in [6.07, 6.45) is 1.19. The summed E-state index contributed by atoms with van der Waals surface area (Å²) in [4.78, 5) is 4.04. The molecule has 0 aliphatic heterocycles. The Morgan fingerprint density at radius 3 is 2.43 bits per heavy atom. The molecule has 3 rings (SSSR count). The minimum atomic E-state index is -3.88. The quantitative estimate of drug-likeness (QED) is 0.576. The summed E-state index contributed by atoms with van der Waals surface area (Å²) < 4.78 is 39.2. The van der Waals surface area contributed by atoms with E-state index in [0.717, 1.165) is 0 Å². The third-order valence-corrected chi connectivity index (χ3v) is 5.12. The van der Waals surface area contributed by atoms with Crippen LogP contribution in [0.1, 0.15) is 13.8 Å². The molecule has 0 atom stereocenters. The lowest BCUT2D eigenvalue weighted by Crippen LogP contribution is -2.14. The summed E-state index contributed by atoms with van der Waals surface area (Å²) in [6, 6.07) is 16.6. The molecule has 1 aromatic heterocycles. The highest BCUT2D eigenvalue weighted by Gasteiger charge is 2.18. The van der Waals surface area contributed by atoms with Gasteiger partial charge in [0.2, 0.25) is 5.88 Å². The standard InChI is InChI=1S/C20H19ClN2O4S/c1-14(2)26-20-11-9-17(13-22-20)28(24,25)23-18-10-8-15(21)12-19(18)27-16-6-4-3-5-7-16/h3-14,23H,1-2H3. The normalized spacial score (nSPS) is 11.3. The van der Waals surface area contributed by atoms with Crippen LogP contribution >= 0.6 is 11.6 Å². The Morgan fingerprint density at radius 2 is 1.79 bits per heavy atom. The summed E-state index contributed by atoms with van der Waals surface area (Å²) in [5, 5.41) is 0.422. The number of halogens is 1. The molecule has 0 spiro atoms. The Balaban J connectivity index is 1.86. The lowest BCUT2D eigenvalue weighted by atomic mass is 10.3. The predicted octanol–water partition coefficient (Wildman–Crippen LogP) is 5.12. The molecule has 2 aromatic carbocycles. The summed E-state index contributed by atoms with van der Waals surface area (Å²) >= 11 is 6.05. The van der Waals surface area contributed by atoms with Crippen LogP contribution in [0.3, 0.4) is 0 Å². The van der Waals surface area contributed by atoms with Crippen LogP contribution in [0.15, 0.2) is 71.8 Å². The smallest absolute Gasteiger partial charge is 0.263 e. The Hall–Kier alpha value is -2.77. The molecule has 0 saturated carbocycles. The summed E-state index contributed by atoms with van der Waals surface area (Å²) in [5.41, 5.74) is 0.260. The molecule has 0 unspecified atom stereocenters. The number of ether oxygens (including phenoxy) is 2. The third-order valence-electron chi connectivity index (χ3n) is 3.53. The number of para-hydroxylation sites is 1. The second-order valence-corrected chi connectivity index (χ2v) is 8.28. The molecule has 0 bridgehead atoms. The number of benzene rings is 2. The average molecular weight is 419 g/mol. The van der Waals surface area contributed by atoms with Gasteiger partial charge in [0.1, 0.15) is 10.6 Å². The van der Waals surface area contributed by atoms with Crippen molar-refractivity contribution in [2.45, 2.75) is 24.8 Å². The number of anilines is 1. The van der Waals surface area contributed by atoms with Crippen molar-refractivity contribution in [3.8, 4) is 17.4 Å². The van der Waals surface area contributed by atoms with Crippen molar-refractivity contribution < 1.29 is 17.9 Å². The van der Waals surface area contributed by atoms with Crippen LogP contribution in [0.4, 0.5) is 5.69 Å². The number of nitrogens with zero attached hydrogens (tertiary/aromatic N) is 1. The van der Waals surface area contributed by atoms with Gasteiger partial charge >= 0.3 is 0 Å². The minimum absolute atomic E-state index is 0.00390. The monoisotopic (exact) mass is 418 g/mol. The van der Waals surface area contributed by atoms with Gasteiger partial charge in [0.25, 0.3) is 10.0 Å². The molecule has 0 amide bonds. The van der Waals surface area contributed by atoms with Crippen molar-refractivity contribution in [1.82, 2.24) is 4.98 Å². The van der Waals surface area contributed by atoms with Crippen molar-refractivity contribution >= 4 is 27.3 Å². The third kappa shape index (κ3) is 5.15. The number of aromatic nitrogens is 1. The van der Waals surface area contributed by atoms with Crippen LogP contribution in [0.5, 0.6) is 17.4 Å². The molecule has 1 heterocycles. The maximum Gasteiger partial charge on any atom is 0.263 e. The highest BCUT2D eigenvalue weighted by atomic mass is 35.5. The number of rotatable bonds is 7.